The predicted octanol–water partition coefficient (Wildman–Crippen LogP) is 3.38. The third kappa shape index (κ3) is 4.12. The summed E-state index contributed by atoms with van der Waals surface area (Å²) in [6.45, 7) is 3.36. The fourth-order valence-electron chi connectivity index (χ4n) is 2.46. The van der Waals surface area contributed by atoms with Gasteiger partial charge in [-0.1, -0.05) is 24.4 Å². The van der Waals surface area contributed by atoms with E-state index in [0.717, 1.165) is 25.9 Å². The van der Waals surface area contributed by atoms with Crippen LogP contribution in [0.4, 0.5) is 0 Å². The molecule has 0 aliphatic carbocycles. The quantitative estimate of drug-likeness (QED) is 0.860. The van der Waals surface area contributed by atoms with Crippen molar-refractivity contribution in [2.75, 3.05) is 13.1 Å². The monoisotopic (exact) mass is 306 g/mol. The maximum atomic E-state index is 12.4. The van der Waals surface area contributed by atoms with E-state index >= 15 is 0 Å². The second kappa shape index (κ2) is 7.33. The Labute approximate surface area is 130 Å². The van der Waals surface area contributed by atoms with E-state index in [2.05, 4.69) is 0 Å². The molecule has 1 aromatic carbocycles. The average molecular weight is 307 g/mol. The molecule has 4 nitrogen and oxygen atoms in total. The lowest BCUT2D eigenvalue weighted by atomic mass is 10.2. The van der Waals surface area contributed by atoms with E-state index in [-0.39, 0.29) is 5.91 Å². The van der Waals surface area contributed by atoms with Crippen LogP contribution in [-0.2, 0) is 4.79 Å². The highest BCUT2D eigenvalue weighted by Crippen LogP contribution is 2.23. The highest BCUT2D eigenvalue weighted by Gasteiger charge is 2.22. The molecule has 1 heterocycles. The summed E-state index contributed by atoms with van der Waals surface area (Å²) in [7, 11) is 0. The average Bonchev–Trinajstić information content (AvgIpc) is 2.75. The molecule has 0 aromatic heterocycles. The minimum Gasteiger partial charge on any atom is -0.481 e. The van der Waals surface area contributed by atoms with Gasteiger partial charge in [-0.3, -0.25) is 4.79 Å². The molecule has 1 aliphatic rings. The van der Waals surface area contributed by atoms with Crippen LogP contribution in [0.1, 0.15) is 38.2 Å². The standard InChI is InChI=1S/C16H19ClN2O2/c1-12(16(20)19-8-4-2-3-5-9-19)21-14-7-6-13(11-18)15(17)10-14/h6-7,10,12H,2-5,8-9H2,1H3. The molecular formula is C16H19ClN2O2. The molecule has 0 N–H and O–H groups in total. The second-order valence-corrected chi connectivity index (χ2v) is 5.66. The Bertz CT molecular complexity index is 546. The van der Waals surface area contributed by atoms with Gasteiger partial charge in [-0.2, -0.15) is 5.26 Å². The number of amides is 1. The molecule has 112 valence electrons. The first kappa shape index (κ1) is 15.7. The van der Waals surface area contributed by atoms with Crippen LogP contribution in [0.5, 0.6) is 5.75 Å². The number of nitriles is 1. The van der Waals surface area contributed by atoms with Gasteiger partial charge < -0.3 is 9.64 Å². The van der Waals surface area contributed by atoms with Crippen molar-refractivity contribution in [3.63, 3.8) is 0 Å². The first-order chi connectivity index (χ1) is 10.1. The maximum absolute atomic E-state index is 12.4. The van der Waals surface area contributed by atoms with Crippen LogP contribution in [0.2, 0.25) is 5.02 Å². The topological polar surface area (TPSA) is 53.3 Å². The highest BCUT2D eigenvalue weighted by molar-refractivity contribution is 6.31. The van der Waals surface area contributed by atoms with Crippen molar-refractivity contribution < 1.29 is 9.53 Å². The van der Waals surface area contributed by atoms with Gasteiger partial charge in [0, 0.05) is 19.2 Å². The minimum atomic E-state index is -0.549. The first-order valence-electron chi connectivity index (χ1n) is 7.27. The van der Waals surface area contributed by atoms with E-state index in [0.29, 0.717) is 16.3 Å². The van der Waals surface area contributed by atoms with Gasteiger partial charge in [0.05, 0.1) is 10.6 Å². The van der Waals surface area contributed by atoms with E-state index in [9.17, 15) is 4.79 Å². The van der Waals surface area contributed by atoms with Gasteiger partial charge in [0.25, 0.3) is 5.91 Å². The lowest BCUT2D eigenvalue weighted by molar-refractivity contribution is -0.137. The van der Waals surface area contributed by atoms with E-state index in [1.165, 1.54) is 12.8 Å². The number of benzene rings is 1. The van der Waals surface area contributed by atoms with Crippen molar-refractivity contribution in [2.24, 2.45) is 0 Å². The summed E-state index contributed by atoms with van der Waals surface area (Å²) in [5.41, 5.74) is 0.399. The van der Waals surface area contributed by atoms with E-state index < -0.39 is 6.10 Å². The van der Waals surface area contributed by atoms with Crippen LogP contribution in [0, 0.1) is 11.3 Å². The lowest BCUT2D eigenvalue weighted by Crippen LogP contribution is -2.41. The molecule has 0 saturated carbocycles. The Hall–Kier alpha value is -1.73. The Kier molecular flexibility index (Phi) is 5.46. The minimum absolute atomic E-state index is 0.0115. The van der Waals surface area contributed by atoms with Crippen LogP contribution in [0.25, 0.3) is 0 Å². The Morgan fingerprint density at radius 1 is 1.33 bits per heavy atom. The SMILES string of the molecule is CC(Oc1ccc(C#N)c(Cl)c1)C(=O)N1CCCCCC1. The molecule has 1 aromatic rings. The fraction of sp³-hybridized carbons (Fsp3) is 0.500. The van der Waals surface area contributed by atoms with E-state index in [1.807, 2.05) is 11.0 Å². The molecule has 0 spiro atoms. The predicted molar refractivity (Wildman–Crippen MR) is 81.3 cm³/mol. The fourth-order valence-corrected chi connectivity index (χ4v) is 2.68. The van der Waals surface area contributed by atoms with Gasteiger partial charge in [0.1, 0.15) is 11.8 Å². The maximum Gasteiger partial charge on any atom is 0.263 e. The van der Waals surface area contributed by atoms with E-state index in [4.69, 9.17) is 21.6 Å². The Morgan fingerprint density at radius 2 is 2.00 bits per heavy atom. The number of ether oxygens (including phenoxy) is 1. The van der Waals surface area contributed by atoms with Crippen molar-refractivity contribution >= 4 is 17.5 Å². The summed E-state index contributed by atoms with van der Waals surface area (Å²) >= 11 is 5.96. The summed E-state index contributed by atoms with van der Waals surface area (Å²) < 4.78 is 5.67. The number of nitrogens with zero attached hydrogens (tertiary/aromatic N) is 2. The summed E-state index contributed by atoms with van der Waals surface area (Å²) in [5, 5.41) is 9.18. The smallest absolute Gasteiger partial charge is 0.263 e. The zero-order valence-corrected chi connectivity index (χ0v) is 12.9. The first-order valence-corrected chi connectivity index (χ1v) is 7.64. The largest absolute Gasteiger partial charge is 0.481 e. The molecule has 21 heavy (non-hydrogen) atoms. The van der Waals surface area contributed by atoms with Crippen molar-refractivity contribution in [2.45, 2.75) is 38.7 Å². The van der Waals surface area contributed by atoms with Gasteiger partial charge in [-0.25, -0.2) is 0 Å². The molecular weight excluding hydrogens is 288 g/mol. The van der Waals surface area contributed by atoms with Gasteiger partial charge in [0.15, 0.2) is 6.10 Å². The lowest BCUT2D eigenvalue weighted by Gasteiger charge is -2.24. The van der Waals surface area contributed by atoms with Gasteiger partial charge in [-0.05, 0) is 31.9 Å². The molecule has 2 rings (SSSR count). The van der Waals surface area contributed by atoms with Crippen molar-refractivity contribution in [3.05, 3.63) is 28.8 Å². The summed E-state index contributed by atoms with van der Waals surface area (Å²) in [6.07, 6.45) is 3.93. The zero-order chi connectivity index (χ0) is 15.2. The Balaban J connectivity index is 2.00. The molecule has 0 bridgehead atoms. The number of rotatable bonds is 3. The van der Waals surface area contributed by atoms with E-state index in [1.54, 1.807) is 25.1 Å². The molecule has 5 heteroatoms. The third-order valence-electron chi connectivity index (χ3n) is 3.64. The molecule has 1 amide bonds. The number of likely N-dealkylation sites (tertiary alicyclic amines) is 1. The summed E-state index contributed by atoms with van der Waals surface area (Å²) in [4.78, 5) is 14.3. The third-order valence-corrected chi connectivity index (χ3v) is 3.95. The zero-order valence-electron chi connectivity index (χ0n) is 12.1. The summed E-state index contributed by atoms with van der Waals surface area (Å²) in [6, 6.07) is 6.83. The van der Waals surface area contributed by atoms with Gasteiger partial charge in [0.2, 0.25) is 0 Å². The van der Waals surface area contributed by atoms with Gasteiger partial charge >= 0.3 is 0 Å². The molecule has 1 fully saturated rings. The van der Waals surface area contributed by atoms with Crippen LogP contribution in [-0.4, -0.2) is 30.0 Å². The second-order valence-electron chi connectivity index (χ2n) is 5.25. The van der Waals surface area contributed by atoms with Crippen molar-refractivity contribution in [1.82, 2.24) is 4.90 Å². The molecule has 1 atom stereocenters. The Morgan fingerprint density at radius 3 is 2.57 bits per heavy atom. The van der Waals surface area contributed by atoms with Crippen LogP contribution in [0.15, 0.2) is 18.2 Å². The highest BCUT2D eigenvalue weighted by atomic mass is 35.5. The van der Waals surface area contributed by atoms with Crippen LogP contribution >= 0.6 is 11.6 Å². The number of carbonyl (C=O) groups excluding carboxylic acids is 1. The van der Waals surface area contributed by atoms with Crippen molar-refractivity contribution in [1.29, 1.82) is 5.26 Å². The summed E-state index contributed by atoms with van der Waals surface area (Å²) in [5.74, 6) is 0.520. The van der Waals surface area contributed by atoms with Crippen molar-refractivity contribution in [3.8, 4) is 11.8 Å². The number of carbonyl (C=O) groups is 1. The van der Waals surface area contributed by atoms with Crippen LogP contribution in [0.3, 0.4) is 0 Å². The number of halogens is 1. The van der Waals surface area contributed by atoms with Crippen LogP contribution < -0.4 is 4.74 Å². The number of hydrogen-bond acceptors (Lipinski definition) is 3. The molecule has 0 radical (unpaired) electrons. The molecule has 1 aliphatic heterocycles. The molecule has 1 unspecified atom stereocenters. The van der Waals surface area contributed by atoms with Gasteiger partial charge in [-0.15, -0.1) is 0 Å². The normalized spacial score (nSPS) is 16.7. The number of hydrogen-bond donors (Lipinski definition) is 0. The molecule has 1 saturated heterocycles.